The number of ether oxygens (including phenoxy) is 1. The molecule has 2 rings (SSSR count). The maximum Gasteiger partial charge on any atom is 0.0641 e. The van der Waals surface area contributed by atoms with Gasteiger partial charge in [-0.05, 0) is 31.5 Å². The minimum absolute atomic E-state index is 0.686. The lowest BCUT2D eigenvalue weighted by atomic mass is 9.96. The van der Waals surface area contributed by atoms with Crippen molar-refractivity contribution in [3.63, 3.8) is 0 Å². The summed E-state index contributed by atoms with van der Waals surface area (Å²) < 4.78 is 7.44. The van der Waals surface area contributed by atoms with Crippen LogP contribution in [0.3, 0.4) is 0 Å². The van der Waals surface area contributed by atoms with E-state index in [9.17, 15) is 0 Å². The summed E-state index contributed by atoms with van der Waals surface area (Å²) in [5.41, 5.74) is 1.46. The van der Waals surface area contributed by atoms with Gasteiger partial charge in [-0.15, -0.1) is 0 Å². The second-order valence-corrected chi connectivity index (χ2v) is 4.16. The zero-order valence-corrected chi connectivity index (χ0v) is 9.41. The number of rotatable bonds is 4. The second kappa shape index (κ2) is 5.33. The summed E-state index contributed by atoms with van der Waals surface area (Å²) in [7, 11) is 1.76. The van der Waals surface area contributed by atoms with E-state index in [1.807, 2.05) is 0 Å². The number of nitrogens with one attached hydrogen (secondary N) is 1. The van der Waals surface area contributed by atoms with Gasteiger partial charge in [0, 0.05) is 38.0 Å². The third-order valence-electron chi connectivity index (χ3n) is 3.12. The molecule has 1 fully saturated rings. The van der Waals surface area contributed by atoms with Crippen molar-refractivity contribution in [1.82, 2.24) is 9.88 Å². The first-order valence-corrected chi connectivity index (χ1v) is 5.76. The average Bonchev–Trinajstić information content (AvgIpc) is 2.75. The molecule has 1 aliphatic rings. The highest BCUT2D eigenvalue weighted by Gasteiger charge is 2.17. The van der Waals surface area contributed by atoms with Gasteiger partial charge in [0.05, 0.1) is 6.61 Å². The molecule has 3 heteroatoms. The van der Waals surface area contributed by atoms with Gasteiger partial charge in [-0.1, -0.05) is 0 Å². The van der Waals surface area contributed by atoms with Crippen LogP contribution in [0.2, 0.25) is 0 Å². The molecule has 0 spiro atoms. The van der Waals surface area contributed by atoms with Crippen LogP contribution in [0.25, 0.3) is 0 Å². The highest BCUT2D eigenvalue weighted by molar-refractivity contribution is 5.14. The summed E-state index contributed by atoms with van der Waals surface area (Å²) in [5, 5.41) is 3.46. The fourth-order valence-corrected chi connectivity index (χ4v) is 2.30. The molecule has 0 radical (unpaired) electrons. The Bertz CT molecular complexity index is 290. The van der Waals surface area contributed by atoms with Crippen LogP contribution in [0.15, 0.2) is 18.3 Å². The monoisotopic (exact) mass is 208 g/mol. The number of methoxy groups -OCH3 is 1. The minimum atomic E-state index is 0.686. The third-order valence-corrected chi connectivity index (χ3v) is 3.12. The van der Waals surface area contributed by atoms with Crippen LogP contribution in [0.4, 0.5) is 0 Å². The molecule has 3 nitrogen and oxygen atoms in total. The van der Waals surface area contributed by atoms with Crippen molar-refractivity contribution in [3.05, 3.63) is 24.0 Å². The molecule has 1 N–H and O–H groups in total. The Morgan fingerprint density at radius 3 is 3.27 bits per heavy atom. The molecule has 1 aromatic heterocycles. The lowest BCUT2D eigenvalue weighted by molar-refractivity contribution is 0.186. The molecule has 0 aromatic carbocycles. The Kier molecular flexibility index (Phi) is 3.80. The largest absolute Gasteiger partial charge is 0.383 e. The van der Waals surface area contributed by atoms with E-state index in [-0.39, 0.29) is 0 Å². The van der Waals surface area contributed by atoms with Gasteiger partial charge in [0.15, 0.2) is 0 Å². The molecule has 0 aliphatic carbocycles. The van der Waals surface area contributed by atoms with Gasteiger partial charge >= 0.3 is 0 Å². The van der Waals surface area contributed by atoms with Crippen LogP contribution in [-0.4, -0.2) is 31.4 Å². The maximum absolute atomic E-state index is 5.12. The van der Waals surface area contributed by atoms with Gasteiger partial charge < -0.3 is 14.6 Å². The van der Waals surface area contributed by atoms with Gasteiger partial charge in [-0.3, -0.25) is 0 Å². The molecular weight excluding hydrogens is 188 g/mol. The molecule has 0 amide bonds. The van der Waals surface area contributed by atoms with Crippen molar-refractivity contribution in [2.24, 2.45) is 0 Å². The standard InChI is InChI=1S/C12H20N2O/c1-15-9-8-14-7-3-5-12(14)11-4-2-6-13-10-11/h3,5,7,11,13H,2,4,6,8-10H2,1H3. The van der Waals surface area contributed by atoms with E-state index in [1.165, 1.54) is 25.1 Å². The highest BCUT2D eigenvalue weighted by Crippen LogP contribution is 2.23. The predicted molar refractivity (Wildman–Crippen MR) is 61.2 cm³/mol. The molecule has 0 saturated carbocycles. The second-order valence-electron chi connectivity index (χ2n) is 4.16. The minimum Gasteiger partial charge on any atom is -0.383 e. The van der Waals surface area contributed by atoms with Gasteiger partial charge in [-0.25, -0.2) is 0 Å². The third kappa shape index (κ3) is 2.61. The lowest BCUT2D eigenvalue weighted by Gasteiger charge is -2.24. The zero-order chi connectivity index (χ0) is 10.5. The normalized spacial score (nSPS) is 21.8. The van der Waals surface area contributed by atoms with E-state index in [0.29, 0.717) is 5.92 Å². The molecule has 15 heavy (non-hydrogen) atoms. The summed E-state index contributed by atoms with van der Waals surface area (Å²) in [5.74, 6) is 0.686. The van der Waals surface area contributed by atoms with Crippen LogP contribution < -0.4 is 5.32 Å². The molecule has 0 bridgehead atoms. The fraction of sp³-hybridized carbons (Fsp3) is 0.667. The van der Waals surface area contributed by atoms with E-state index in [4.69, 9.17) is 4.74 Å². The Hall–Kier alpha value is -0.800. The quantitative estimate of drug-likeness (QED) is 0.813. The van der Waals surface area contributed by atoms with E-state index in [1.54, 1.807) is 7.11 Å². The molecular formula is C12H20N2O. The first kappa shape index (κ1) is 10.7. The molecule has 2 heterocycles. The summed E-state index contributed by atoms with van der Waals surface area (Å²) in [6.07, 6.45) is 4.76. The van der Waals surface area contributed by atoms with Crippen molar-refractivity contribution in [2.75, 3.05) is 26.8 Å². The smallest absolute Gasteiger partial charge is 0.0641 e. The van der Waals surface area contributed by atoms with Crippen molar-refractivity contribution < 1.29 is 4.74 Å². The molecule has 1 aliphatic heterocycles. The van der Waals surface area contributed by atoms with Gasteiger partial charge in [-0.2, -0.15) is 0 Å². The Labute approximate surface area is 91.4 Å². The SMILES string of the molecule is COCCn1cccc1C1CCCNC1. The van der Waals surface area contributed by atoms with E-state index in [0.717, 1.165) is 19.7 Å². The van der Waals surface area contributed by atoms with E-state index in [2.05, 4.69) is 28.2 Å². The maximum atomic E-state index is 5.12. The predicted octanol–water partition coefficient (Wildman–Crippen LogP) is 1.60. The van der Waals surface area contributed by atoms with E-state index < -0.39 is 0 Å². The van der Waals surface area contributed by atoms with Crippen molar-refractivity contribution in [3.8, 4) is 0 Å². The topological polar surface area (TPSA) is 26.2 Å². The average molecular weight is 208 g/mol. The number of nitrogens with zero attached hydrogens (tertiary/aromatic N) is 1. The fourth-order valence-electron chi connectivity index (χ4n) is 2.30. The van der Waals surface area contributed by atoms with Crippen molar-refractivity contribution in [2.45, 2.75) is 25.3 Å². The number of piperidine rings is 1. The molecule has 1 atom stereocenters. The Balaban J connectivity index is 2.02. The Morgan fingerprint density at radius 2 is 2.53 bits per heavy atom. The summed E-state index contributed by atoms with van der Waals surface area (Å²) in [6, 6.07) is 4.38. The number of hydrogen-bond acceptors (Lipinski definition) is 2. The van der Waals surface area contributed by atoms with Crippen LogP contribution in [-0.2, 0) is 11.3 Å². The van der Waals surface area contributed by atoms with Gasteiger partial charge in [0.1, 0.15) is 0 Å². The number of hydrogen-bond donors (Lipinski definition) is 1. The molecule has 84 valence electrons. The van der Waals surface area contributed by atoms with Crippen LogP contribution in [0.1, 0.15) is 24.5 Å². The highest BCUT2D eigenvalue weighted by atomic mass is 16.5. The Morgan fingerprint density at radius 1 is 1.60 bits per heavy atom. The van der Waals surface area contributed by atoms with Crippen molar-refractivity contribution in [1.29, 1.82) is 0 Å². The van der Waals surface area contributed by atoms with Gasteiger partial charge in [0.2, 0.25) is 0 Å². The summed E-state index contributed by atoms with van der Waals surface area (Å²) >= 11 is 0. The lowest BCUT2D eigenvalue weighted by Crippen LogP contribution is -2.29. The van der Waals surface area contributed by atoms with Crippen LogP contribution in [0, 0.1) is 0 Å². The molecule has 1 aromatic rings. The zero-order valence-electron chi connectivity index (χ0n) is 9.41. The summed E-state index contributed by atoms with van der Waals surface area (Å²) in [6.45, 7) is 4.06. The summed E-state index contributed by atoms with van der Waals surface area (Å²) in [4.78, 5) is 0. The van der Waals surface area contributed by atoms with Crippen molar-refractivity contribution >= 4 is 0 Å². The van der Waals surface area contributed by atoms with Crippen LogP contribution in [0.5, 0.6) is 0 Å². The van der Waals surface area contributed by atoms with Crippen LogP contribution >= 0.6 is 0 Å². The van der Waals surface area contributed by atoms with E-state index >= 15 is 0 Å². The van der Waals surface area contributed by atoms with Gasteiger partial charge in [0.25, 0.3) is 0 Å². The first-order chi connectivity index (χ1) is 7.42. The molecule has 1 saturated heterocycles. The molecule has 1 unspecified atom stereocenters. The number of aromatic nitrogens is 1. The first-order valence-electron chi connectivity index (χ1n) is 5.76.